The van der Waals surface area contributed by atoms with Crippen molar-refractivity contribution in [3.8, 4) is 0 Å². The van der Waals surface area contributed by atoms with E-state index < -0.39 is 0 Å². The molecule has 0 bridgehead atoms. The average Bonchev–Trinajstić information content (AvgIpc) is 3.16. The van der Waals surface area contributed by atoms with E-state index in [4.69, 9.17) is 17.3 Å². The van der Waals surface area contributed by atoms with Crippen LogP contribution >= 0.6 is 11.6 Å². The first-order valence-electron chi connectivity index (χ1n) is 7.04. The Balaban J connectivity index is 1.72. The van der Waals surface area contributed by atoms with Crippen LogP contribution in [0.4, 0.5) is 0 Å². The molecule has 0 spiro atoms. The van der Waals surface area contributed by atoms with Crippen molar-refractivity contribution in [1.29, 1.82) is 0 Å². The summed E-state index contributed by atoms with van der Waals surface area (Å²) in [4.78, 5) is 4.04. The lowest BCUT2D eigenvalue weighted by molar-refractivity contribution is 0.204. The summed E-state index contributed by atoms with van der Waals surface area (Å²) < 4.78 is 0. The maximum absolute atomic E-state index is 6.64. The largest absolute Gasteiger partial charge is 0.325 e. The highest BCUT2D eigenvalue weighted by Crippen LogP contribution is 2.46. The first-order valence-corrected chi connectivity index (χ1v) is 7.41. The van der Waals surface area contributed by atoms with Crippen molar-refractivity contribution in [2.24, 2.45) is 17.6 Å². The highest BCUT2D eigenvalue weighted by molar-refractivity contribution is 6.31. The molecule has 98 valence electrons. The summed E-state index contributed by atoms with van der Waals surface area (Å²) in [6.07, 6.45) is 12.3. The molecule has 3 rings (SSSR count). The summed E-state index contributed by atoms with van der Waals surface area (Å²) in [6.45, 7) is 0. The van der Waals surface area contributed by atoms with Crippen LogP contribution in [0.1, 0.15) is 44.1 Å². The molecule has 2 unspecified atom stereocenters. The molecule has 1 aromatic heterocycles. The second-order valence-corrected chi connectivity index (χ2v) is 6.61. The van der Waals surface area contributed by atoms with E-state index >= 15 is 0 Å². The van der Waals surface area contributed by atoms with Gasteiger partial charge < -0.3 is 5.73 Å². The summed E-state index contributed by atoms with van der Waals surface area (Å²) >= 11 is 6.20. The van der Waals surface area contributed by atoms with Crippen LogP contribution in [0.2, 0.25) is 5.02 Å². The van der Waals surface area contributed by atoms with Crippen molar-refractivity contribution in [2.75, 3.05) is 0 Å². The van der Waals surface area contributed by atoms with Crippen LogP contribution in [0.3, 0.4) is 0 Å². The highest BCUT2D eigenvalue weighted by Gasteiger charge is 2.40. The second kappa shape index (κ2) is 4.82. The Bertz CT molecular complexity index is 430. The first-order chi connectivity index (χ1) is 8.66. The zero-order chi connectivity index (χ0) is 12.6. The van der Waals surface area contributed by atoms with E-state index in [0.29, 0.717) is 0 Å². The van der Waals surface area contributed by atoms with Gasteiger partial charge in [0.15, 0.2) is 0 Å². The predicted molar refractivity (Wildman–Crippen MR) is 74.6 cm³/mol. The number of aromatic nitrogens is 1. The van der Waals surface area contributed by atoms with Crippen molar-refractivity contribution in [3.05, 3.63) is 29.0 Å². The lowest BCUT2D eigenvalue weighted by Crippen LogP contribution is -2.46. The molecule has 2 saturated carbocycles. The molecule has 2 N–H and O–H groups in total. The molecule has 2 nitrogen and oxygen atoms in total. The van der Waals surface area contributed by atoms with Crippen molar-refractivity contribution in [1.82, 2.24) is 4.98 Å². The van der Waals surface area contributed by atoms with Gasteiger partial charge >= 0.3 is 0 Å². The molecule has 2 aliphatic rings. The molecule has 0 saturated heterocycles. The minimum atomic E-state index is -0.0451. The third-order valence-corrected chi connectivity index (χ3v) is 4.95. The lowest BCUT2D eigenvalue weighted by Gasteiger charge is -2.38. The van der Waals surface area contributed by atoms with Gasteiger partial charge in [0.05, 0.1) is 5.02 Å². The Kier molecular flexibility index (Phi) is 3.33. The van der Waals surface area contributed by atoms with Crippen molar-refractivity contribution in [2.45, 2.75) is 50.5 Å². The van der Waals surface area contributed by atoms with Gasteiger partial charge in [-0.05, 0) is 55.6 Å². The Morgan fingerprint density at radius 2 is 2.17 bits per heavy atom. The molecule has 3 heteroatoms. The zero-order valence-electron chi connectivity index (χ0n) is 10.7. The molecule has 0 aromatic carbocycles. The summed E-state index contributed by atoms with van der Waals surface area (Å²) in [7, 11) is 0. The van der Waals surface area contributed by atoms with E-state index in [-0.39, 0.29) is 5.54 Å². The topological polar surface area (TPSA) is 38.9 Å². The molecular weight excluding hydrogens is 244 g/mol. The van der Waals surface area contributed by atoms with Gasteiger partial charge in [0.2, 0.25) is 0 Å². The van der Waals surface area contributed by atoms with E-state index in [0.717, 1.165) is 35.3 Å². The lowest BCUT2D eigenvalue weighted by atomic mass is 9.72. The number of nitrogens with two attached hydrogens (primary N) is 1. The molecule has 2 fully saturated rings. The zero-order valence-corrected chi connectivity index (χ0v) is 11.5. The minimum absolute atomic E-state index is 0.0451. The normalized spacial score (nSPS) is 32.4. The van der Waals surface area contributed by atoms with Crippen molar-refractivity contribution < 1.29 is 0 Å². The van der Waals surface area contributed by atoms with Gasteiger partial charge in [-0.2, -0.15) is 0 Å². The highest BCUT2D eigenvalue weighted by atomic mass is 35.5. The first kappa shape index (κ1) is 12.4. The van der Waals surface area contributed by atoms with Gasteiger partial charge in [-0.3, -0.25) is 4.98 Å². The Morgan fingerprint density at radius 1 is 1.33 bits per heavy atom. The summed E-state index contributed by atoms with van der Waals surface area (Å²) in [5, 5.41) is 0.760. The third-order valence-electron chi connectivity index (χ3n) is 4.61. The van der Waals surface area contributed by atoms with Crippen LogP contribution < -0.4 is 5.73 Å². The standard InChI is InChI=1S/C15H21ClN2/c16-14-10-18-7-5-13(14)9-15(17)6-1-2-12(8-15)11-3-4-11/h5,7,10-12H,1-4,6,8-9,17H2. The van der Waals surface area contributed by atoms with E-state index in [2.05, 4.69) is 4.98 Å². The van der Waals surface area contributed by atoms with Gasteiger partial charge in [-0.1, -0.05) is 24.4 Å². The molecule has 2 atom stereocenters. The number of hydrogen-bond donors (Lipinski definition) is 1. The number of halogens is 1. The number of hydrogen-bond acceptors (Lipinski definition) is 2. The van der Waals surface area contributed by atoms with Crippen molar-refractivity contribution >= 4 is 11.6 Å². The monoisotopic (exact) mass is 264 g/mol. The molecule has 1 heterocycles. The summed E-state index contributed by atoms with van der Waals surface area (Å²) in [5.74, 6) is 1.84. The van der Waals surface area contributed by atoms with E-state index in [9.17, 15) is 0 Å². The van der Waals surface area contributed by atoms with Crippen LogP contribution in [-0.2, 0) is 6.42 Å². The van der Waals surface area contributed by atoms with Gasteiger partial charge in [0.1, 0.15) is 0 Å². The summed E-state index contributed by atoms with van der Waals surface area (Å²) in [5.41, 5.74) is 7.75. The quantitative estimate of drug-likeness (QED) is 0.906. The van der Waals surface area contributed by atoms with Crippen LogP contribution in [0.5, 0.6) is 0 Å². The maximum atomic E-state index is 6.64. The molecule has 2 aliphatic carbocycles. The van der Waals surface area contributed by atoms with Gasteiger partial charge in [-0.15, -0.1) is 0 Å². The molecule has 18 heavy (non-hydrogen) atoms. The number of pyridine rings is 1. The third kappa shape index (κ3) is 2.70. The van der Waals surface area contributed by atoms with E-state index in [1.165, 1.54) is 32.1 Å². The number of rotatable bonds is 3. The van der Waals surface area contributed by atoms with Crippen LogP contribution in [0.25, 0.3) is 0 Å². The van der Waals surface area contributed by atoms with Gasteiger partial charge in [0, 0.05) is 17.9 Å². The van der Waals surface area contributed by atoms with Crippen LogP contribution in [0, 0.1) is 11.8 Å². The Morgan fingerprint density at radius 3 is 2.89 bits per heavy atom. The Hall–Kier alpha value is -0.600. The molecular formula is C15H21ClN2. The number of nitrogens with zero attached hydrogens (tertiary/aromatic N) is 1. The molecule has 0 amide bonds. The molecule has 0 radical (unpaired) electrons. The van der Waals surface area contributed by atoms with Crippen molar-refractivity contribution in [3.63, 3.8) is 0 Å². The maximum Gasteiger partial charge on any atom is 0.0621 e. The van der Waals surface area contributed by atoms with Crippen LogP contribution in [0.15, 0.2) is 18.5 Å². The fraction of sp³-hybridized carbons (Fsp3) is 0.667. The second-order valence-electron chi connectivity index (χ2n) is 6.20. The molecule has 1 aromatic rings. The van der Waals surface area contributed by atoms with Crippen LogP contribution in [-0.4, -0.2) is 10.5 Å². The van der Waals surface area contributed by atoms with Gasteiger partial charge in [0.25, 0.3) is 0 Å². The van der Waals surface area contributed by atoms with Gasteiger partial charge in [-0.25, -0.2) is 0 Å². The van der Waals surface area contributed by atoms with E-state index in [1.807, 2.05) is 12.3 Å². The summed E-state index contributed by atoms with van der Waals surface area (Å²) in [6, 6.07) is 2.01. The SMILES string of the molecule is NC1(Cc2ccncc2Cl)CCCC(C2CC2)C1. The predicted octanol–water partition coefficient (Wildman–Crippen LogP) is 3.58. The van der Waals surface area contributed by atoms with E-state index in [1.54, 1.807) is 6.20 Å². The average molecular weight is 265 g/mol. The molecule has 0 aliphatic heterocycles. The Labute approximate surface area is 114 Å². The minimum Gasteiger partial charge on any atom is -0.325 e. The fourth-order valence-electron chi connectivity index (χ4n) is 3.50. The smallest absolute Gasteiger partial charge is 0.0621 e. The fourth-order valence-corrected chi connectivity index (χ4v) is 3.69.